The van der Waals surface area contributed by atoms with Crippen LogP contribution in [0.5, 0.6) is 0 Å². The fourth-order valence-corrected chi connectivity index (χ4v) is 3.31. The minimum Gasteiger partial charge on any atom is -0.388 e. The number of hydrogen-bond donors (Lipinski definition) is 3. The third-order valence-corrected chi connectivity index (χ3v) is 4.77. The summed E-state index contributed by atoms with van der Waals surface area (Å²) in [6.45, 7) is 0.428. The van der Waals surface area contributed by atoms with Gasteiger partial charge in [-0.05, 0) is 56.2 Å². The van der Waals surface area contributed by atoms with E-state index < -0.39 is 17.5 Å². The summed E-state index contributed by atoms with van der Waals surface area (Å²) in [7, 11) is 0. The number of aromatic amines is 1. The van der Waals surface area contributed by atoms with E-state index in [1.807, 2.05) is 0 Å². The van der Waals surface area contributed by atoms with Crippen molar-refractivity contribution < 1.29 is 17.6 Å². The number of nitrogens with two attached hydrogens (primary N) is 1. The topological polar surface area (TPSA) is 96.9 Å². The van der Waals surface area contributed by atoms with E-state index in [-0.39, 0.29) is 17.6 Å². The predicted molar refractivity (Wildman–Crippen MR) is 90.6 cm³/mol. The van der Waals surface area contributed by atoms with E-state index in [1.165, 1.54) is 12.1 Å². The molecule has 0 bridgehead atoms. The van der Waals surface area contributed by atoms with Crippen molar-refractivity contribution in [1.82, 2.24) is 10.2 Å². The van der Waals surface area contributed by atoms with E-state index in [2.05, 4.69) is 15.5 Å². The fraction of sp³-hybridized carbons (Fsp3) is 0.529. The molecule has 0 amide bonds. The number of benzene rings is 1. The zero-order valence-corrected chi connectivity index (χ0v) is 14.1. The van der Waals surface area contributed by atoms with Crippen molar-refractivity contribution in [3.8, 4) is 11.5 Å². The Morgan fingerprint density at radius 3 is 2.62 bits per heavy atom. The van der Waals surface area contributed by atoms with Crippen LogP contribution in [0, 0.1) is 5.92 Å². The van der Waals surface area contributed by atoms with E-state index in [0.717, 1.165) is 38.2 Å². The summed E-state index contributed by atoms with van der Waals surface area (Å²) in [5, 5.41) is 8.64. The quantitative estimate of drug-likeness (QED) is 0.750. The number of anilines is 1. The largest absolute Gasteiger partial charge is 0.434 e. The molecule has 0 saturated heterocycles. The highest BCUT2D eigenvalue weighted by Gasteiger charge is 2.34. The highest BCUT2D eigenvalue weighted by Crippen LogP contribution is 2.37. The molecule has 1 aliphatic carbocycles. The molecule has 1 aliphatic rings. The highest BCUT2D eigenvalue weighted by molar-refractivity contribution is 5.65. The van der Waals surface area contributed by atoms with Crippen LogP contribution in [0.25, 0.3) is 11.5 Å². The highest BCUT2D eigenvalue weighted by atomic mass is 19.4. The molecule has 0 atom stereocenters. The lowest BCUT2D eigenvalue weighted by Crippen LogP contribution is -2.27. The van der Waals surface area contributed by atoms with Gasteiger partial charge in [-0.15, -0.1) is 5.10 Å². The molecule has 1 fully saturated rings. The van der Waals surface area contributed by atoms with Crippen LogP contribution in [0.3, 0.4) is 0 Å². The van der Waals surface area contributed by atoms with Gasteiger partial charge < -0.3 is 15.5 Å². The summed E-state index contributed by atoms with van der Waals surface area (Å²) in [5.74, 6) is -0.331. The second-order valence-corrected chi connectivity index (χ2v) is 6.67. The molecule has 1 aromatic heterocycles. The first-order valence-electron chi connectivity index (χ1n) is 8.59. The Bertz CT molecular complexity index is 792. The van der Waals surface area contributed by atoms with Crippen molar-refractivity contribution in [2.45, 2.75) is 44.3 Å². The molecule has 0 spiro atoms. The zero-order valence-electron chi connectivity index (χ0n) is 14.1. The number of aromatic nitrogens is 2. The first-order valence-corrected chi connectivity index (χ1v) is 8.59. The lowest BCUT2D eigenvalue weighted by molar-refractivity contribution is -0.136. The SMILES string of the molecule is N[C@H]1CC[C@H](CCNc2cc(-c3n[nH]c(=O)o3)ccc2C(F)(F)F)CC1. The molecule has 1 heterocycles. The summed E-state index contributed by atoms with van der Waals surface area (Å²) in [6, 6.07) is 3.75. The normalized spacial score (nSPS) is 20.9. The molecule has 142 valence electrons. The fourth-order valence-electron chi connectivity index (χ4n) is 3.31. The lowest BCUT2D eigenvalue weighted by atomic mass is 9.84. The smallest absolute Gasteiger partial charge is 0.388 e. The van der Waals surface area contributed by atoms with Crippen LogP contribution in [-0.2, 0) is 6.18 Å². The van der Waals surface area contributed by atoms with Gasteiger partial charge in [-0.3, -0.25) is 0 Å². The van der Waals surface area contributed by atoms with Crippen LogP contribution in [0.15, 0.2) is 27.4 Å². The summed E-state index contributed by atoms with van der Waals surface area (Å²) in [4.78, 5) is 11.1. The standard InChI is InChI=1S/C17H21F3N4O2/c18-17(19,20)13-6-3-11(15-23-24-16(25)26-15)9-14(13)22-8-7-10-1-4-12(21)5-2-10/h3,6,9-10,12,22H,1-2,4-5,7-8,21H2,(H,24,25)/t10-,12-. The van der Waals surface area contributed by atoms with Gasteiger partial charge in [-0.1, -0.05) is 0 Å². The van der Waals surface area contributed by atoms with Gasteiger partial charge in [-0.25, -0.2) is 9.89 Å². The van der Waals surface area contributed by atoms with Gasteiger partial charge in [0, 0.05) is 23.8 Å². The van der Waals surface area contributed by atoms with Crippen LogP contribution >= 0.6 is 0 Å². The van der Waals surface area contributed by atoms with Crippen LogP contribution in [0.1, 0.15) is 37.7 Å². The summed E-state index contributed by atoms with van der Waals surface area (Å²) in [6.07, 6.45) is 0.246. The third-order valence-electron chi connectivity index (χ3n) is 4.77. The second kappa shape index (κ2) is 7.53. The molecular weight excluding hydrogens is 349 g/mol. The van der Waals surface area contributed by atoms with Gasteiger partial charge in [0.05, 0.1) is 5.56 Å². The molecule has 3 rings (SSSR count). The van der Waals surface area contributed by atoms with Gasteiger partial charge >= 0.3 is 11.9 Å². The van der Waals surface area contributed by atoms with Gasteiger partial charge in [0.1, 0.15) is 0 Å². The Labute approximate surface area is 148 Å². The molecule has 0 radical (unpaired) electrons. The minimum absolute atomic E-state index is 0.0480. The van der Waals surface area contributed by atoms with E-state index in [1.54, 1.807) is 0 Å². The monoisotopic (exact) mass is 370 g/mol. The number of H-pyrrole nitrogens is 1. The third kappa shape index (κ3) is 4.46. The maximum atomic E-state index is 13.3. The molecule has 1 saturated carbocycles. The van der Waals surface area contributed by atoms with E-state index in [4.69, 9.17) is 10.2 Å². The van der Waals surface area contributed by atoms with E-state index in [0.29, 0.717) is 18.0 Å². The van der Waals surface area contributed by atoms with Crippen LogP contribution in [-0.4, -0.2) is 22.8 Å². The number of nitrogens with one attached hydrogen (secondary N) is 2. The van der Waals surface area contributed by atoms with Crippen molar-refractivity contribution in [2.75, 3.05) is 11.9 Å². The maximum absolute atomic E-state index is 13.3. The van der Waals surface area contributed by atoms with Crippen molar-refractivity contribution in [1.29, 1.82) is 0 Å². The summed E-state index contributed by atoms with van der Waals surface area (Å²) < 4.78 is 44.6. The van der Waals surface area contributed by atoms with Gasteiger partial charge in [-0.2, -0.15) is 13.2 Å². The van der Waals surface area contributed by atoms with Gasteiger partial charge in [0.25, 0.3) is 0 Å². The van der Waals surface area contributed by atoms with Crippen LogP contribution < -0.4 is 16.8 Å². The number of rotatable bonds is 5. The van der Waals surface area contributed by atoms with E-state index in [9.17, 15) is 18.0 Å². The Kier molecular flexibility index (Phi) is 5.36. The van der Waals surface area contributed by atoms with Crippen LogP contribution in [0.2, 0.25) is 0 Å². The van der Waals surface area contributed by atoms with Crippen molar-refractivity contribution in [3.63, 3.8) is 0 Å². The maximum Gasteiger partial charge on any atom is 0.434 e. The predicted octanol–water partition coefficient (Wildman–Crippen LogP) is 3.37. The molecule has 26 heavy (non-hydrogen) atoms. The molecule has 6 nitrogen and oxygen atoms in total. The average molecular weight is 370 g/mol. The first kappa shape index (κ1) is 18.5. The summed E-state index contributed by atoms with van der Waals surface area (Å²) >= 11 is 0. The molecule has 0 aliphatic heterocycles. The van der Waals surface area contributed by atoms with Crippen molar-refractivity contribution in [3.05, 3.63) is 34.3 Å². The zero-order chi connectivity index (χ0) is 18.7. The molecule has 2 aromatic rings. The molecule has 1 aromatic carbocycles. The number of alkyl halides is 3. The molecule has 0 unspecified atom stereocenters. The Morgan fingerprint density at radius 1 is 1.27 bits per heavy atom. The number of halogens is 3. The average Bonchev–Trinajstić information content (AvgIpc) is 3.02. The van der Waals surface area contributed by atoms with Crippen LogP contribution in [0.4, 0.5) is 18.9 Å². The molecular formula is C17H21F3N4O2. The lowest BCUT2D eigenvalue weighted by Gasteiger charge is -2.26. The van der Waals surface area contributed by atoms with Gasteiger partial charge in [0.15, 0.2) is 0 Å². The van der Waals surface area contributed by atoms with Gasteiger partial charge in [0.2, 0.25) is 5.89 Å². The Morgan fingerprint density at radius 2 is 2.00 bits per heavy atom. The van der Waals surface area contributed by atoms with E-state index >= 15 is 0 Å². The first-order chi connectivity index (χ1) is 12.3. The summed E-state index contributed by atoms with van der Waals surface area (Å²) in [5.41, 5.74) is 5.36. The second-order valence-electron chi connectivity index (χ2n) is 6.67. The van der Waals surface area contributed by atoms with Crippen molar-refractivity contribution >= 4 is 5.69 Å². The minimum atomic E-state index is -4.48. The number of nitrogens with zero attached hydrogens (tertiary/aromatic N) is 1. The van der Waals surface area contributed by atoms with Crippen molar-refractivity contribution in [2.24, 2.45) is 11.7 Å². The molecule has 9 heteroatoms. The Balaban J connectivity index is 1.73. The molecule has 4 N–H and O–H groups in total. The Hall–Kier alpha value is -2.29. The number of hydrogen-bond acceptors (Lipinski definition) is 5.